The van der Waals surface area contributed by atoms with Crippen molar-refractivity contribution in [1.29, 1.82) is 0 Å². The Bertz CT molecular complexity index is 307. The highest BCUT2D eigenvalue weighted by atomic mass is 16.1. The minimum atomic E-state index is 0.251. The molecular formula is C14H24N2O. The van der Waals surface area contributed by atoms with E-state index in [1.165, 1.54) is 25.7 Å². The van der Waals surface area contributed by atoms with Gasteiger partial charge in [0.05, 0.1) is 0 Å². The van der Waals surface area contributed by atoms with E-state index >= 15 is 0 Å². The summed E-state index contributed by atoms with van der Waals surface area (Å²) in [4.78, 5) is 12.1. The molecule has 2 N–H and O–H groups in total. The van der Waals surface area contributed by atoms with E-state index in [1.807, 2.05) is 0 Å². The number of carbonyl (C=O) groups is 1. The molecule has 0 aromatic rings. The van der Waals surface area contributed by atoms with Crippen molar-refractivity contribution < 1.29 is 4.79 Å². The third kappa shape index (κ3) is 2.49. The lowest BCUT2D eigenvalue weighted by Gasteiger charge is -2.27. The Kier molecular flexibility index (Phi) is 2.89. The van der Waals surface area contributed by atoms with Gasteiger partial charge in [-0.1, -0.05) is 0 Å². The van der Waals surface area contributed by atoms with E-state index in [-0.39, 0.29) is 5.92 Å². The molecule has 17 heavy (non-hydrogen) atoms. The first-order valence-electron chi connectivity index (χ1n) is 7.21. The predicted molar refractivity (Wildman–Crippen MR) is 67.6 cm³/mol. The van der Waals surface area contributed by atoms with Crippen LogP contribution in [0.4, 0.5) is 0 Å². The van der Waals surface area contributed by atoms with Crippen LogP contribution in [0.2, 0.25) is 0 Å². The van der Waals surface area contributed by atoms with E-state index in [2.05, 4.69) is 17.6 Å². The Morgan fingerprint density at radius 3 is 2.71 bits per heavy atom. The zero-order chi connectivity index (χ0) is 11.9. The molecule has 2 saturated carbocycles. The molecule has 3 aliphatic rings. The molecular weight excluding hydrogens is 212 g/mol. The monoisotopic (exact) mass is 236 g/mol. The van der Waals surface area contributed by atoms with Crippen molar-refractivity contribution in [2.24, 2.45) is 17.3 Å². The second-order valence-corrected chi connectivity index (χ2v) is 6.43. The third-order valence-electron chi connectivity index (χ3n) is 4.94. The molecule has 3 fully saturated rings. The molecule has 3 heteroatoms. The maximum atomic E-state index is 12.1. The molecule has 2 atom stereocenters. The van der Waals surface area contributed by atoms with Crippen LogP contribution in [0, 0.1) is 17.3 Å². The van der Waals surface area contributed by atoms with E-state index in [0.717, 1.165) is 31.8 Å². The molecule has 0 aromatic carbocycles. The molecule has 1 heterocycles. The van der Waals surface area contributed by atoms with Crippen molar-refractivity contribution in [2.75, 3.05) is 13.1 Å². The summed E-state index contributed by atoms with van der Waals surface area (Å²) in [6.07, 6.45) is 7.51. The number of hydrogen-bond acceptors (Lipinski definition) is 2. The molecule has 0 spiro atoms. The zero-order valence-corrected chi connectivity index (χ0v) is 10.8. The first-order chi connectivity index (χ1) is 8.20. The van der Waals surface area contributed by atoms with Gasteiger partial charge in [0.25, 0.3) is 0 Å². The standard InChI is InChI=1S/C14H24N2O/c1-10-8-11(4-7-15-10)13(17)16-9-14(5-6-14)12-2-3-12/h10-12,15H,2-9H2,1H3,(H,16,17). The van der Waals surface area contributed by atoms with Crippen LogP contribution in [-0.2, 0) is 4.79 Å². The minimum Gasteiger partial charge on any atom is -0.355 e. The first-order valence-corrected chi connectivity index (χ1v) is 7.21. The van der Waals surface area contributed by atoms with Crippen LogP contribution in [0.15, 0.2) is 0 Å². The third-order valence-corrected chi connectivity index (χ3v) is 4.94. The Morgan fingerprint density at radius 2 is 2.12 bits per heavy atom. The largest absolute Gasteiger partial charge is 0.355 e. The quantitative estimate of drug-likeness (QED) is 0.780. The van der Waals surface area contributed by atoms with Gasteiger partial charge in [-0.15, -0.1) is 0 Å². The molecule has 3 nitrogen and oxygen atoms in total. The minimum absolute atomic E-state index is 0.251. The fraction of sp³-hybridized carbons (Fsp3) is 0.929. The smallest absolute Gasteiger partial charge is 0.223 e. The molecule has 96 valence electrons. The number of nitrogens with one attached hydrogen (secondary N) is 2. The van der Waals surface area contributed by atoms with Crippen LogP contribution in [0.25, 0.3) is 0 Å². The Hall–Kier alpha value is -0.570. The van der Waals surface area contributed by atoms with Crippen molar-refractivity contribution in [1.82, 2.24) is 10.6 Å². The normalized spacial score (nSPS) is 35.4. The number of rotatable bonds is 4. The fourth-order valence-corrected chi connectivity index (χ4v) is 3.36. The fourth-order valence-electron chi connectivity index (χ4n) is 3.36. The topological polar surface area (TPSA) is 41.1 Å². The van der Waals surface area contributed by atoms with Crippen LogP contribution >= 0.6 is 0 Å². The Morgan fingerprint density at radius 1 is 1.35 bits per heavy atom. The summed E-state index contributed by atoms with van der Waals surface area (Å²) in [6, 6.07) is 0.498. The van der Waals surface area contributed by atoms with Gasteiger partial charge >= 0.3 is 0 Å². The van der Waals surface area contributed by atoms with Gasteiger partial charge in [0.2, 0.25) is 5.91 Å². The van der Waals surface area contributed by atoms with Crippen molar-refractivity contribution >= 4 is 5.91 Å². The molecule has 0 bridgehead atoms. The molecule has 3 rings (SSSR count). The average molecular weight is 236 g/mol. The van der Waals surface area contributed by atoms with Crippen molar-refractivity contribution in [3.05, 3.63) is 0 Å². The average Bonchev–Trinajstić information content (AvgIpc) is 3.15. The van der Waals surface area contributed by atoms with Gasteiger partial charge in [-0.3, -0.25) is 4.79 Å². The summed E-state index contributed by atoms with van der Waals surface area (Å²) in [5.74, 6) is 1.50. The van der Waals surface area contributed by atoms with Crippen LogP contribution in [0.5, 0.6) is 0 Å². The molecule has 1 saturated heterocycles. The summed E-state index contributed by atoms with van der Waals surface area (Å²) >= 11 is 0. The summed E-state index contributed by atoms with van der Waals surface area (Å²) in [5.41, 5.74) is 0.536. The van der Waals surface area contributed by atoms with Crippen molar-refractivity contribution in [2.45, 2.75) is 51.5 Å². The highest BCUT2D eigenvalue weighted by molar-refractivity contribution is 5.78. The lowest BCUT2D eigenvalue weighted by molar-refractivity contribution is -0.126. The molecule has 2 unspecified atom stereocenters. The second-order valence-electron chi connectivity index (χ2n) is 6.43. The van der Waals surface area contributed by atoms with Crippen LogP contribution in [-0.4, -0.2) is 25.0 Å². The lowest BCUT2D eigenvalue weighted by atomic mass is 9.92. The summed E-state index contributed by atoms with van der Waals surface area (Å²) in [5, 5.41) is 6.63. The molecule has 1 aliphatic heterocycles. The van der Waals surface area contributed by atoms with E-state index in [9.17, 15) is 4.79 Å². The van der Waals surface area contributed by atoms with Gasteiger partial charge in [-0.05, 0) is 63.3 Å². The van der Waals surface area contributed by atoms with E-state index < -0.39 is 0 Å². The second kappa shape index (κ2) is 4.27. The summed E-state index contributed by atoms with van der Waals surface area (Å²) < 4.78 is 0. The zero-order valence-electron chi connectivity index (χ0n) is 10.8. The molecule has 0 radical (unpaired) electrons. The molecule has 2 aliphatic carbocycles. The molecule has 1 amide bonds. The van der Waals surface area contributed by atoms with Gasteiger partial charge in [0.15, 0.2) is 0 Å². The van der Waals surface area contributed by atoms with Crippen molar-refractivity contribution in [3.63, 3.8) is 0 Å². The van der Waals surface area contributed by atoms with E-state index in [1.54, 1.807) is 0 Å². The predicted octanol–water partition coefficient (Wildman–Crippen LogP) is 1.68. The van der Waals surface area contributed by atoms with Gasteiger partial charge in [0.1, 0.15) is 0 Å². The number of piperidine rings is 1. The lowest BCUT2D eigenvalue weighted by Crippen LogP contribution is -2.43. The van der Waals surface area contributed by atoms with E-state index in [0.29, 0.717) is 17.4 Å². The Labute approximate surface area is 104 Å². The summed E-state index contributed by atoms with van der Waals surface area (Å²) in [7, 11) is 0. The number of hydrogen-bond donors (Lipinski definition) is 2. The van der Waals surface area contributed by atoms with Crippen LogP contribution in [0.1, 0.15) is 45.4 Å². The van der Waals surface area contributed by atoms with Gasteiger partial charge < -0.3 is 10.6 Å². The Balaban J connectivity index is 1.46. The van der Waals surface area contributed by atoms with Crippen LogP contribution in [0.3, 0.4) is 0 Å². The maximum Gasteiger partial charge on any atom is 0.223 e. The highest BCUT2D eigenvalue weighted by Crippen LogP contribution is 2.60. The van der Waals surface area contributed by atoms with Crippen molar-refractivity contribution in [3.8, 4) is 0 Å². The number of amides is 1. The highest BCUT2D eigenvalue weighted by Gasteiger charge is 2.53. The first kappa shape index (κ1) is 11.5. The van der Waals surface area contributed by atoms with Gasteiger partial charge in [-0.25, -0.2) is 0 Å². The number of carbonyl (C=O) groups excluding carboxylic acids is 1. The van der Waals surface area contributed by atoms with Gasteiger partial charge in [0, 0.05) is 18.5 Å². The van der Waals surface area contributed by atoms with Gasteiger partial charge in [-0.2, -0.15) is 0 Å². The van der Waals surface area contributed by atoms with Crippen LogP contribution < -0.4 is 10.6 Å². The van der Waals surface area contributed by atoms with E-state index in [4.69, 9.17) is 0 Å². The molecule has 0 aromatic heterocycles. The summed E-state index contributed by atoms with van der Waals surface area (Å²) in [6.45, 7) is 4.12. The maximum absolute atomic E-state index is 12.1. The SMILES string of the molecule is CC1CC(C(=O)NCC2(C3CC3)CC2)CCN1.